The van der Waals surface area contributed by atoms with Gasteiger partial charge in [0.25, 0.3) is 0 Å². The Bertz CT molecular complexity index is 431. The molecule has 5 nitrogen and oxygen atoms in total. The fraction of sp³-hybridized carbons (Fsp3) is 0.846. The van der Waals surface area contributed by atoms with Crippen molar-refractivity contribution in [3.8, 4) is 0 Å². The summed E-state index contributed by atoms with van der Waals surface area (Å²) in [5.74, 6) is 0.653. The lowest BCUT2D eigenvalue weighted by Crippen LogP contribution is -2.46. The van der Waals surface area contributed by atoms with Crippen LogP contribution >= 0.6 is 0 Å². The van der Waals surface area contributed by atoms with Crippen LogP contribution in [-0.2, 0) is 13.3 Å². The standard InChI is InChI=1S/C13H30N2O3Si3/c1-19(2,3)16-11-10-14-13(18-21(7,8)9)15-12(11)17-20(4,5)6/h11H,10H2,1-9H3. The summed E-state index contributed by atoms with van der Waals surface area (Å²) >= 11 is 0. The number of hydrogen-bond acceptors (Lipinski definition) is 5. The zero-order chi connectivity index (χ0) is 16.5. The highest BCUT2D eigenvalue weighted by molar-refractivity contribution is 6.72. The molecule has 0 aromatic carbocycles. The predicted octanol–water partition coefficient (Wildman–Crippen LogP) is 3.68. The van der Waals surface area contributed by atoms with Crippen LogP contribution in [0.3, 0.4) is 0 Å². The Morgan fingerprint density at radius 2 is 1.33 bits per heavy atom. The van der Waals surface area contributed by atoms with Crippen molar-refractivity contribution in [2.24, 2.45) is 9.98 Å². The molecule has 0 aromatic rings. The van der Waals surface area contributed by atoms with E-state index in [0.29, 0.717) is 18.5 Å². The third-order valence-corrected chi connectivity index (χ3v) is 4.79. The lowest BCUT2D eigenvalue weighted by atomic mass is 10.3. The first-order valence-electron chi connectivity index (χ1n) is 7.44. The molecule has 0 spiro atoms. The average molecular weight is 347 g/mol. The molecular formula is C13H30N2O3Si3. The number of nitrogens with zero attached hydrogens (tertiary/aromatic N) is 2. The van der Waals surface area contributed by atoms with Crippen molar-refractivity contribution < 1.29 is 13.3 Å². The summed E-state index contributed by atoms with van der Waals surface area (Å²) < 4.78 is 18.2. The number of rotatable bonds is 4. The molecule has 0 saturated heterocycles. The van der Waals surface area contributed by atoms with Crippen molar-refractivity contribution in [1.82, 2.24) is 0 Å². The summed E-state index contributed by atoms with van der Waals surface area (Å²) in [6, 6.07) is 0.456. The molecule has 21 heavy (non-hydrogen) atoms. The van der Waals surface area contributed by atoms with Crippen LogP contribution in [0.5, 0.6) is 0 Å². The maximum atomic E-state index is 6.17. The Morgan fingerprint density at radius 1 is 0.810 bits per heavy atom. The van der Waals surface area contributed by atoms with Gasteiger partial charge in [-0.3, -0.25) is 0 Å². The Balaban J connectivity index is 2.93. The smallest absolute Gasteiger partial charge is 0.300 e. The van der Waals surface area contributed by atoms with Gasteiger partial charge in [-0.1, -0.05) is 0 Å². The van der Waals surface area contributed by atoms with Gasteiger partial charge < -0.3 is 13.3 Å². The normalized spacial score (nSPS) is 20.7. The van der Waals surface area contributed by atoms with Crippen molar-refractivity contribution >= 4 is 36.9 Å². The van der Waals surface area contributed by atoms with Crippen molar-refractivity contribution in [1.29, 1.82) is 0 Å². The first-order chi connectivity index (χ1) is 9.25. The van der Waals surface area contributed by atoms with E-state index >= 15 is 0 Å². The van der Waals surface area contributed by atoms with Crippen LogP contribution in [0.25, 0.3) is 0 Å². The van der Waals surface area contributed by atoms with E-state index in [4.69, 9.17) is 13.3 Å². The van der Waals surface area contributed by atoms with E-state index in [0.717, 1.165) is 0 Å². The van der Waals surface area contributed by atoms with Gasteiger partial charge in [-0.05, 0) is 58.9 Å². The van der Waals surface area contributed by atoms with Crippen molar-refractivity contribution in [2.75, 3.05) is 6.54 Å². The minimum Gasteiger partial charge on any atom is -0.532 e. The van der Waals surface area contributed by atoms with Crippen LogP contribution in [-0.4, -0.2) is 49.5 Å². The van der Waals surface area contributed by atoms with Gasteiger partial charge in [0.05, 0.1) is 6.54 Å². The summed E-state index contributed by atoms with van der Waals surface area (Å²) in [4.78, 5) is 8.94. The fourth-order valence-corrected chi connectivity index (χ4v) is 4.18. The van der Waals surface area contributed by atoms with E-state index in [1.54, 1.807) is 0 Å². The van der Waals surface area contributed by atoms with E-state index in [-0.39, 0.29) is 6.10 Å². The second-order valence-corrected chi connectivity index (χ2v) is 21.5. The lowest BCUT2D eigenvalue weighted by Gasteiger charge is -2.32. The van der Waals surface area contributed by atoms with E-state index < -0.39 is 25.0 Å². The quantitative estimate of drug-likeness (QED) is 0.730. The summed E-state index contributed by atoms with van der Waals surface area (Å²) in [5, 5.41) is 0. The van der Waals surface area contributed by atoms with Gasteiger partial charge in [-0.15, -0.1) is 0 Å². The number of hydrogen-bond donors (Lipinski definition) is 0. The Kier molecular flexibility index (Phi) is 5.62. The van der Waals surface area contributed by atoms with Crippen LogP contribution in [0, 0.1) is 0 Å². The van der Waals surface area contributed by atoms with Crippen molar-refractivity contribution in [3.63, 3.8) is 0 Å². The number of amidine groups is 1. The first-order valence-corrected chi connectivity index (χ1v) is 17.7. The second kappa shape index (κ2) is 6.35. The van der Waals surface area contributed by atoms with Crippen LogP contribution in [0.2, 0.25) is 58.9 Å². The molecular weight excluding hydrogens is 316 g/mol. The molecule has 1 heterocycles. The van der Waals surface area contributed by atoms with Crippen LogP contribution in [0.1, 0.15) is 0 Å². The minimum absolute atomic E-state index is 0.169. The van der Waals surface area contributed by atoms with E-state index in [2.05, 4.69) is 68.9 Å². The second-order valence-electron chi connectivity index (χ2n) is 8.22. The Labute approximate surface area is 132 Å². The lowest BCUT2D eigenvalue weighted by molar-refractivity contribution is 0.240. The zero-order valence-electron chi connectivity index (χ0n) is 14.9. The largest absolute Gasteiger partial charge is 0.532 e. The molecule has 1 rings (SSSR count). The van der Waals surface area contributed by atoms with E-state index in [1.807, 2.05) is 0 Å². The monoisotopic (exact) mass is 346 g/mol. The first kappa shape index (κ1) is 18.6. The van der Waals surface area contributed by atoms with Crippen LogP contribution < -0.4 is 0 Å². The van der Waals surface area contributed by atoms with Crippen molar-refractivity contribution in [2.45, 2.75) is 65.0 Å². The highest BCUT2D eigenvalue weighted by Crippen LogP contribution is 2.18. The maximum absolute atomic E-state index is 6.17. The summed E-state index contributed by atoms with van der Waals surface area (Å²) in [7, 11) is -5.14. The fourth-order valence-electron chi connectivity index (χ4n) is 1.69. The molecule has 0 amide bonds. The molecule has 1 aliphatic rings. The number of aliphatic imine (C=N–C) groups is 2. The maximum Gasteiger partial charge on any atom is 0.300 e. The van der Waals surface area contributed by atoms with Gasteiger partial charge in [0.1, 0.15) is 6.10 Å². The van der Waals surface area contributed by atoms with Crippen LogP contribution in [0.15, 0.2) is 9.98 Å². The summed E-state index contributed by atoms with van der Waals surface area (Å²) in [6.07, 6.45) is -0.169. The molecule has 1 atom stereocenters. The Hall–Kier alpha value is -0.449. The topological polar surface area (TPSA) is 52.4 Å². The SMILES string of the molecule is C[Si](C)(C)OC1=NCC(O[Si](C)(C)C)C(O[Si](C)(C)C)=N1. The van der Waals surface area contributed by atoms with Gasteiger partial charge in [0.15, 0.2) is 8.32 Å². The van der Waals surface area contributed by atoms with Gasteiger partial charge in [-0.25, -0.2) is 4.99 Å². The molecule has 1 aliphatic heterocycles. The molecule has 0 aromatic heterocycles. The minimum atomic E-state index is -1.74. The molecule has 0 bridgehead atoms. The predicted molar refractivity (Wildman–Crippen MR) is 96.8 cm³/mol. The molecule has 0 saturated carbocycles. The zero-order valence-corrected chi connectivity index (χ0v) is 17.9. The molecule has 122 valence electrons. The van der Waals surface area contributed by atoms with E-state index in [1.165, 1.54) is 0 Å². The molecule has 0 N–H and O–H groups in total. The van der Waals surface area contributed by atoms with Gasteiger partial charge >= 0.3 is 6.02 Å². The molecule has 0 aliphatic carbocycles. The summed E-state index contributed by atoms with van der Waals surface area (Å²) in [5.41, 5.74) is 0. The Morgan fingerprint density at radius 3 is 1.76 bits per heavy atom. The third kappa shape index (κ3) is 7.93. The van der Waals surface area contributed by atoms with Crippen molar-refractivity contribution in [3.05, 3.63) is 0 Å². The van der Waals surface area contributed by atoms with Crippen LogP contribution in [0.4, 0.5) is 0 Å². The van der Waals surface area contributed by atoms with E-state index in [9.17, 15) is 0 Å². The average Bonchev–Trinajstić information content (AvgIpc) is 2.15. The summed E-state index contributed by atoms with van der Waals surface area (Å²) in [6.45, 7) is 19.8. The van der Waals surface area contributed by atoms with Gasteiger partial charge in [0.2, 0.25) is 22.5 Å². The molecule has 0 radical (unpaired) electrons. The molecule has 8 heteroatoms. The molecule has 0 fully saturated rings. The molecule has 1 unspecified atom stereocenters. The van der Waals surface area contributed by atoms with Gasteiger partial charge in [-0.2, -0.15) is 4.99 Å². The third-order valence-electron chi connectivity index (χ3n) is 2.18. The van der Waals surface area contributed by atoms with Gasteiger partial charge in [0, 0.05) is 0 Å². The highest BCUT2D eigenvalue weighted by atomic mass is 28.4. The highest BCUT2D eigenvalue weighted by Gasteiger charge is 2.33.